The average Bonchev–Trinajstić information content (AvgIpc) is 2.38. The first-order chi connectivity index (χ1) is 7.59. The van der Waals surface area contributed by atoms with Crippen LogP contribution in [-0.2, 0) is 22.0 Å². The fraction of sp³-hybridized carbons (Fsp3) is 0.625. The third kappa shape index (κ3) is 9.97. The van der Waals surface area contributed by atoms with Crippen molar-refractivity contribution in [3.63, 3.8) is 0 Å². The van der Waals surface area contributed by atoms with E-state index in [9.17, 15) is 4.79 Å². The number of ketones is 1. The van der Waals surface area contributed by atoms with Crippen LogP contribution in [0, 0.1) is 6.92 Å². The van der Waals surface area contributed by atoms with Crippen molar-refractivity contribution >= 4 is 27.8 Å². The van der Waals surface area contributed by atoms with Gasteiger partial charge in [0.1, 0.15) is 18.0 Å². The fourth-order valence-electron chi connectivity index (χ4n) is 0.824. The predicted molar refractivity (Wildman–Crippen MR) is 62.3 cm³/mol. The monoisotopic (exact) mass is 281 g/mol. The largest absolute Gasteiger partial charge is 0.748 e. The summed E-state index contributed by atoms with van der Waals surface area (Å²) in [6.07, 6.45) is 2.51. The van der Waals surface area contributed by atoms with Crippen LogP contribution in [0.5, 0.6) is 0 Å². The summed E-state index contributed by atoms with van der Waals surface area (Å²) in [5, 5.41) is 4.13. The van der Waals surface area contributed by atoms with E-state index in [1.165, 1.54) is 11.9 Å². The zero-order valence-electron chi connectivity index (χ0n) is 10.1. The number of rotatable bonds is 3. The highest BCUT2D eigenvalue weighted by molar-refractivity contribution is 7.98. The minimum absolute atomic E-state index is 0.164. The SMILES string of the molecule is CC(=O)CSn1n[n+](C)cc1C.CS(=O)(=O)[O-]. The van der Waals surface area contributed by atoms with E-state index >= 15 is 0 Å². The smallest absolute Gasteiger partial charge is 0.179 e. The lowest BCUT2D eigenvalue weighted by atomic mass is 10.5. The Hall–Kier alpha value is -0.930. The van der Waals surface area contributed by atoms with Gasteiger partial charge in [-0.2, -0.15) is 0 Å². The van der Waals surface area contributed by atoms with Crippen LogP contribution in [0.3, 0.4) is 0 Å². The molecule has 0 fully saturated rings. The Balaban J connectivity index is 0.000000437. The zero-order valence-corrected chi connectivity index (χ0v) is 11.7. The van der Waals surface area contributed by atoms with Gasteiger partial charge in [0.15, 0.2) is 11.9 Å². The summed E-state index contributed by atoms with van der Waals surface area (Å²) in [6, 6.07) is 0. The number of carbonyl (C=O) groups is 1. The first-order valence-corrected chi connectivity index (χ1v) is 7.31. The van der Waals surface area contributed by atoms with Crippen LogP contribution in [0.15, 0.2) is 6.20 Å². The molecule has 0 aliphatic heterocycles. The van der Waals surface area contributed by atoms with Crippen LogP contribution in [-0.4, -0.2) is 40.1 Å². The van der Waals surface area contributed by atoms with Crippen molar-refractivity contribution in [2.75, 3.05) is 12.0 Å². The molecule has 0 aromatic carbocycles. The Morgan fingerprint density at radius 2 is 2.12 bits per heavy atom. The number of aryl methyl sites for hydroxylation is 2. The van der Waals surface area contributed by atoms with Gasteiger partial charge in [0, 0.05) is 13.2 Å². The molecule has 0 saturated heterocycles. The normalized spacial score (nSPS) is 10.6. The number of Topliss-reactive ketones (excluding diaryl/α,β-unsaturated/α-hetero) is 1. The van der Waals surface area contributed by atoms with E-state index < -0.39 is 10.1 Å². The number of aromatic nitrogens is 3. The molecule has 98 valence electrons. The summed E-state index contributed by atoms with van der Waals surface area (Å²) in [6.45, 7) is 3.53. The van der Waals surface area contributed by atoms with Gasteiger partial charge in [-0.15, -0.1) is 4.68 Å². The van der Waals surface area contributed by atoms with E-state index in [-0.39, 0.29) is 5.78 Å². The molecule has 0 aliphatic carbocycles. The van der Waals surface area contributed by atoms with Crippen molar-refractivity contribution in [2.45, 2.75) is 13.8 Å². The number of hydrogen-bond donors (Lipinski definition) is 0. The molecule has 0 amide bonds. The second-order valence-electron chi connectivity index (χ2n) is 3.39. The summed E-state index contributed by atoms with van der Waals surface area (Å²) < 4.78 is 30.7. The topological polar surface area (TPSA) is 96.0 Å². The first kappa shape index (κ1) is 16.1. The van der Waals surface area contributed by atoms with Gasteiger partial charge in [-0.25, -0.2) is 8.42 Å². The maximum Gasteiger partial charge on any atom is 0.179 e. The number of hydrogen-bond acceptors (Lipinski definition) is 6. The molecular formula is C8H15N3O4S2. The highest BCUT2D eigenvalue weighted by Crippen LogP contribution is 2.05. The first-order valence-electron chi connectivity index (χ1n) is 4.55. The van der Waals surface area contributed by atoms with E-state index in [2.05, 4.69) is 5.21 Å². The summed E-state index contributed by atoms with van der Waals surface area (Å²) in [5.74, 6) is 0.639. The number of carbonyl (C=O) groups excluding carboxylic acids is 1. The lowest BCUT2D eigenvalue weighted by molar-refractivity contribution is -0.731. The molecule has 0 unspecified atom stereocenters. The molecule has 17 heavy (non-hydrogen) atoms. The Kier molecular flexibility index (Phi) is 6.35. The fourth-order valence-corrected chi connectivity index (χ4v) is 1.55. The van der Waals surface area contributed by atoms with Gasteiger partial charge in [0.2, 0.25) is 0 Å². The standard InChI is InChI=1S/C7H12N3OS.CH4O3S/c1-6-4-9(3)8-10(6)12-5-7(2)11;1-5(2,3)4/h4H,5H2,1-3H3;1H3,(H,2,3,4)/q+1;/p-1. The molecule has 0 atom stereocenters. The summed E-state index contributed by atoms with van der Waals surface area (Å²) in [4.78, 5) is 10.7. The van der Waals surface area contributed by atoms with Crippen molar-refractivity contribution in [1.82, 2.24) is 9.30 Å². The maximum atomic E-state index is 10.7. The minimum atomic E-state index is -3.92. The van der Waals surface area contributed by atoms with Crippen LogP contribution in [0.2, 0.25) is 0 Å². The van der Waals surface area contributed by atoms with Gasteiger partial charge < -0.3 is 4.55 Å². The van der Waals surface area contributed by atoms with Crippen LogP contribution in [0.4, 0.5) is 0 Å². The predicted octanol–water partition coefficient (Wildman–Crippen LogP) is -0.737. The molecule has 0 spiro atoms. The third-order valence-electron chi connectivity index (χ3n) is 1.29. The Bertz CT molecular complexity index is 473. The molecule has 7 nitrogen and oxygen atoms in total. The Morgan fingerprint density at radius 1 is 1.65 bits per heavy atom. The van der Waals surface area contributed by atoms with Crippen LogP contribution in [0.25, 0.3) is 0 Å². The minimum Gasteiger partial charge on any atom is -0.748 e. The molecule has 9 heteroatoms. The Morgan fingerprint density at radius 3 is 2.41 bits per heavy atom. The van der Waals surface area contributed by atoms with Crippen LogP contribution >= 0.6 is 11.9 Å². The van der Waals surface area contributed by atoms with Gasteiger partial charge >= 0.3 is 0 Å². The second-order valence-corrected chi connectivity index (χ2v) is 5.69. The molecule has 0 radical (unpaired) electrons. The third-order valence-corrected chi connectivity index (χ3v) is 2.43. The molecule has 1 heterocycles. The lowest BCUT2D eigenvalue weighted by Crippen LogP contribution is -2.29. The van der Waals surface area contributed by atoms with E-state index in [1.807, 2.05) is 20.2 Å². The highest BCUT2D eigenvalue weighted by Gasteiger charge is 2.10. The van der Waals surface area contributed by atoms with Crippen molar-refractivity contribution < 1.29 is 22.4 Å². The summed E-state index contributed by atoms with van der Waals surface area (Å²) >= 11 is 1.41. The molecule has 0 aliphatic rings. The summed E-state index contributed by atoms with van der Waals surface area (Å²) in [7, 11) is -2.06. The van der Waals surface area contributed by atoms with E-state index in [0.717, 1.165) is 5.69 Å². The van der Waals surface area contributed by atoms with Gasteiger partial charge in [-0.05, 0) is 6.92 Å². The quantitative estimate of drug-likeness (QED) is 0.535. The van der Waals surface area contributed by atoms with Gasteiger partial charge in [-0.1, -0.05) is 4.09 Å². The average molecular weight is 281 g/mol. The molecule has 0 saturated carbocycles. The Labute approximate surface area is 105 Å². The summed E-state index contributed by atoms with van der Waals surface area (Å²) in [5.41, 5.74) is 1.05. The van der Waals surface area contributed by atoms with E-state index in [1.54, 1.807) is 15.7 Å². The lowest BCUT2D eigenvalue weighted by Gasteiger charge is -1.90. The molecule has 1 rings (SSSR count). The van der Waals surface area contributed by atoms with Gasteiger partial charge in [0.25, 0.3) is 0 Å². The van der Waals surface area contributed by atoms with Crippen LogP contribution in [0.1, 0.15) is 12.6 Å². The molecule has 1 aromatic rings. The second kappa shape index (κ2) is 6.72. The highest BCUT2D eigenvalue weighted by atomic mass is 32.2. The maximum absolute atomic E-state index is 10.7. The van der Waals surface area contributed by atoms with Crippen molar-refractivity contribution in [3.8, 4) is 0 Å². The van der Waals surface area contributed by atoms with E-state index in [0.29, 0.717) is 12.0 Å². The van der Waals surface area contributed by atoms with E-state index in [4.69, 9.17) is 13.0 Å². The molecule has 1 aromatic heterocycles. The van der Waals surface area contributed by atoms with Gasteiger partial charge in [0.05, 0.1) is 27.8 Å². The van der Waals surface area contributed by atoms with Crippen LogP contribution < -0.4 is 4.68 Å². The van der Waals surface area contributed by atoms with Crippen molar-refractivity contribution in [2.24, 2.45) is 7.05 Å². The van der Waals surface area contributed by atoms with Gasteiger partial charge in [-0.3, -0.25) is 4.79 Å². The van der Waals surface area contributed by atoms with Crippen molar-refractivity contribution in [1.29, 1.82) is 0 Å². The number of nitrogens with zero attached hydrogens (tertiary/aromatic N) is 3. The molecule has 0 bridgehead atoms. The zero-order chi connectivity index (χ0) is 13.6. The molecular weight excluding hydrogens is 266 g/mol. The molecule has 0 N–H and O–H groups in total. The van der Waals surface area contributed by atoms with Crippen molar-refractivity contribution in [3.05, 3.63) is 11.9 Å².